The first-order valence-electron chi connectivity index (χ1n) is 11.3. The van der Waals surface area contributed by atoms with Crippen molar-refractivity contribution in [2.75, 3.05) is 39.5 Å². The van der Waals surface area contributed by atoms with E-state index in [0.29, 0.717) is 26.2 Å². The molecule has 32 heavy (non-hydrogen) atoms. The molecular formula is C26H32ClNO4. The van der Waals surface area contributed by atoms with Crippen LogP contribution < -0.4 is 4.74 Å². The zero-order valence-electron chi connectivity index (χ0n) is 18.9. The molecule has 1 aliphatic heterocycles. The van der Waals surface area contributed by atoms with Gasteiger partial charge in [0.25, 0.3) is 0 Å². The second-order valence-corrected chi connectivity index (χ2v) is 8.12. The lowest BCUT2D eigenvalue weighted by Gasteiger charge is -2.26. The third-order valence-corrected chi connectivity index (χ3v) is 5.70. The molecule has 2 aromatic carbocycles. The maximum absolute atomic E-state index is 12.0. The van der Waals surface area contributed by atoms with E-state index in [1.165, 1.54) is 11.1 Å². The minimum Gasteiger partial charge on any atom is -0.492 e. The number of benzene rings is 2. The highest BCUT2D eigenvalue weighted by Crippen LogP contribution is 2.23. The van der Waals surface area contributed by atoms with Gasteiger partial charge in [0.1, 0.15) is 12.4 Å². The number of nitrogens with zero attached hydrogens (tertiary/aromatic N) is 1. The molecule has 5 nitrogen and oxygen atoms in total. The standard InChI is InChI=1S/C26H32ClNO4/c1-3-30-25(26(29)31-4-2)19-20-5-11-24(12-6-20)32-18-17-28-15-13-22(14-16-28)21-7-9-23(27)10-8-21/h5-13,25H,3-4,14-19H2,1-2H3. The number of hydrogen-bond donors (Lipinski definition) is 0. The molecule has 1 aliphatic rings. The summed E-state index contributed by atoms with van der Waals surface area (Å²) in [7, 11) is 0. The van der Waals surface area contributed by atoms with Gasteiger partial charge in [0, 0.05) is 37.7 Å². The smallest absolute Gasteiger partial charge is 0.335 e. The average molecular weight is 458 g/mol. The van der Waals surface area contributed by atoms with Crippen LogP contribution in [0.15, 0.2) is 54.6 Å². The zero-order chi connectivity index (χ0) is 22.8. The summed E-state index contributed by atoms with van der Waals surface area (Å²) in [5, 5.41) is 0.769. The molecular weight excluding hydrogens is 426 g/mol. The van der Waals surface area contributed by atoms with Gasteiger partial charge in [-0.15, -0.1) is 0 Å². The van der Waals surface area contributed by atoms with E-state index in [2.05, 4.69) is 23.1 Å². The maximum Gasteiger partial charge on any atom is 0.335 e. The average Bonchev–Trinajstić information content (AvgIpc) is 2.81. The first-order valence-corrected chi connectivity index (χ1v) is 11.6. The largest absolute Gasteiger partial charge is 0.492 e. The number of ether oxygens (including phenoxy) is 3. The summed E-state index contributed by atoms with van der Waals surface area (Å²) in [6.45, 7) is 7.94. The van der Waals surface area contributed by atoms with E-state index >= 15 is 0 Å². The van der Waals surface area contributed by atoms with E-state index in [9.17, 15) is 4.79 Å². The zero-order valence-corrected chi connectivity index (χ0v) is 19.6. The van der Waals surface area contributed by atoms with E-state index in [4.69, 9.17) is 25.8 Å². The molecule has 0 saturated heterocycles. The van der Waals surface area contributed by atoms with Crippen LogP contribution in [0.1, 0.15) is 31.4 Å². The normalized spacial score (nSPS) is 15.2. The minimum atomic E-state index is -0.573. The van der Waals surface area contributed by atoms with E-state index in [1.54, 1.807) is 6.92 Å². The molecule has 0 spiro atoms. The summed E-state index contributed by atoms with van der Waals surface area (Å²) < 4.78 is 16.6. The van der Waals surface area contributed by atoms with E-state index in [1.807, 2.05) is 43.3 Å². The van der Waals surface area contributed by atoms with Crippen LogP contribution in [0.2, 0.25) is 5.02 Å². The third-order valence-electron chi connectivity index (χ3n) is 5.45. The van der Waals surface area contributed by atoms with E-state index in [-0.39, 0.29) is 5.97 Å². The number of carbonyl (C=O) groups excluding carboxylic acids is 1. The van der Waals surface area contributed by atoms with Crippen LogP contribution >= 0.6 is 11.6 Å². The van der Waals surface area contributed by atoms with Crippen LogP contribution in [0.5, 0.6) is 5.75 Å². The Labute approximate surface area is 195 Å². The number of rotatable bonds is 11. The maximum atomic E-state index is 12.0. The molecule has 2 aromatic rings. The Kier molecular flexibility index (Phi) is 9.60. The molecule has 0 amide bonds. The van der Waals surface area contributed by atoms with Crippen molar-refractivity contribution in [1.29, 1.82) is 0 Å². The molecule has 0 saturated carbocycles. The van der Waals surface area contributed by atoms with Gasteiger partial charge in [0.05, 0.1) is 6.61 Å². The van der Waals surface area contributed by atoms with Gasteiger partial charge in [-0.1, -0.05) is 41.9 Å². The molecule has 0 aromatic heterocycles. The van der Waals surface area contributed by atoms with Gasteiger partial charge >= 0.3 is 5.97 Å². The number of halogens is 1. The van der Waals surface area contributed by atoms with Crippen molar-refractivity contribution in [2.45, 2.75) is 32.8 Å². The minimum absolute atomic E-state index is 0.315. The predicted molar refractivity (Wildman–Crippen MR) is 128 cm³/mol. The fourth-order valence-electron chi connectivity index (χ4n) is 3.72. The summed E-state index contributed by atoms with van der Waals surface area (Å²) >= 11 is 5.98. The molecule has 6 heteroatoms. The molecule has 172 valence electrons. The Morgan fingerprint density at radius 1 is 1.06 bits per heavy atom. The number of hydrogen-bond acceptors (Lipinski definition) is 5. The molecule has 0 N–H and O–H groups in total. The molecule has 1 unspecified atom stereocenters. The van der Waals surface area contributed by atoms with Crippen molar-refractivity contribution >= 4 is 23.1 Å². The highest BCUT2D eigenvalue weighted by atomic mass is 35.5. The summed E-state index contributed by atoms with van der Waals surface area (Å²) in [6.07, 6.45) is 3.23. The van der Waals surface area contributed by atoms with Crippen molar-refractivity contribution in [3.63, 3.8) is 0 Å². The van der Waals surface area contributed by atoms with Gasteiger partial charge in [-0.25, -0.2) is 4.79 Å². The molecule has 1 heterocycles. The van der Waals surface area contributed by atoms with Crippen LogP contribution in [0.3, 0.4) is 0 Å². The number of carbonyl (C=O) groups is 1. The topological polar surface area (TPSA) is 48.0 Å². The SMILES string of the molecule is CCOC(=O)C(Cc1ccc(OCCN2CC=C(c3ccc(Cl)cc3)CC2)cc1)OCC. The Bertz CT molecular complexity index is 880. The summed E-state index contributed by atoms with van der Waals surface area (Å²) in [5.41, 5.74) is 3.64. The van der Waals surface area contributed by atoms with Crippen molar-refractivity contribution in [3.8, 4) is 5.75 Å². The van der Waals surface area contributed by atoms with Crippen molar-refractivity contribution < 1.29 is 19.0 Å². The quantitative estimate of drug-likeness (QED) is 0.443. The fourth-order valence-corrected chi connectivity index (χ4v) is 3.84. The second kappa shape index (κ2) is 12.6. The Balaban J connectivity index is 1.43. The lowest BCUT2D eigenvalue weighted by molar-refractivity contribution is -0.156. The number of esters is 1. The lowest BCUT2D eigenvalue weighted by Crippen LogP contribution is -2.32. The summed E-state index contributed by atoms with van der Waals surface area (Å²) in [6, 6.07) is 15.9. The molecule has 3 rings (SSSR count). The van der Waals surface area contributed by atoms with Crippen molar-refractivity contribution in [2.24, 2.45) is 0 Å². The Hall–Kier alpha value is -2.34. The van der Waals surface area contributed by atoms with E-state index < -0.39 is 6.10 Å². The van der Waals surface area contributed by atoms with Gasteiger partial charge in [0.2, 0.25) is 0 Å². The van der Waals surface area contributed by atoms with Gasteiger partial charge in [-0.3, -0.25) is 4.90 Å². The van der Waals surface area contributed by atoms with Crippen LogP contribution in [0.4, 0.5) is 0 Å². The van der Waals surface area contributed by atoms with Crippen LogP contribution in [-0.2, 0) is 20.7 Å². The predicted octanol–water partition coefficient (Wildman–Crippen LogP) is 5.02. The monoisotopic (exact) mass is 457 g/mol. The first kappa shape index (κ1) is 24.3. The Morgan fingerprint density at radius 2 is 1.81 bits per heavy atom. The summed E-state index contributed by atoms with van der Waals surface area (Å²) in [4.78, 5) is 14.4. The van der Waals surface area contributed by atoms with E-state index in [0.717, 1.165) is 42.4 Å². The second-order valence-electron chi connectivity index (χ2n) is 7.68. The lowest BCUT2D eigenvalue weighted by atomic mass is 10.00. The van der Waals surface area contributed by atoms with Gasteiger partial charge in [-0.05, 0) is 61.2 Å². The molecule has 0 radical (unpaired) electrons. The highest BCUT2D eigenvalue weighted by molar-refractivity contribution is 6.30. The van der Waals surface area contributed by atoms with Gasteiger partial charge in [-0.2, -0.15) is 0 Å². The van der Waals surface area contributed by atoms with Crippen molar-refractivity contribution in [1.82, 2.24) is 4.90 Å². The summed E-state index contributed by atoms with van der Waals surface area (Å²) in [5.74, 6) is 0.511. The van der Waals surface area contributed by atoms with Gasteiger partial charge in [0.15, 0.2) is 6.10 Å². The fraction of sp³-hybridized carbons (Fsp3) is 0.423. The van der Waals surface area contributed by atoms with Crippen molar-refractivity contribution in [3.05, 3.63) is 70.8 Å². The van der Waals surface area contributed by atoms with Crippen LogP contribution in [0, 0.1) is 0 Å². The molecule has 0 bridgehead atoms. The molecule has 1 atom stereocenters. The third kappa shape index (κ3) is 7.37. The van der Waals surface area contributed by atoms with Crippen LogP contribution in [0.25, 0.3) is 5.57 Å². The first-order chi connectivity index (χ1) is 15.6. The highest BCUT2D eigenvalue weighted by Gasteiger charge is 2.20. The molecule has 0 fully saturated rings. The van der Waals surface area contributed by atoms with Gasteiger partial charge < -0.3 is 14.2 Å². The van der Waals surface area contributed by atoms with Crippen LogP contribution in [-0.4, -0.2) is 56.4 Å². The molecule has 0 aliphatic carbocycles. The Morgan fingerprint density at radius 3 is 2.44 bits per heavy atom.